The second-order valence-corrected chi connectivity index (χ2v) is 5.19. The fraction of sp³-hybridized carbons (Fsp3) is 0.667. The average Bonchev–Trinajstić information content (AvgIpc) is 2.87. The molecule has 0 spiro atoms. The lowest BCUT2D eigenvalue weighted by Crippen LogP contribution is -2.38. The monoisotopic (exact) mass is 225 g/mol. The van der Waals surface area contributed by atoms with Crippen LogP contribution in [0.15, 0.2) is 17.5 Å². The maximum Gasteiger partial charge on any atom is 0.0724 e. The van der Waals surface area contributed by atoms with Gasteiger partial charge in [0.05, 0.1) is 6.10 Å². The van der Waals surface area contributed by atoms with Crippen LogP contribution in [-0.4, -0.2) is 19.3 Å². The van der Waals surface area contributed by atoms with Crippen molar-refractivity contribution in [2.24, 2.45) is 0 Å². The average molecular weight is 225 g/mol. The maximum absolute atomic E-state index is 5.48. The minimum atomic E-state index is 0.410. The summed E-state index contributed by atoms with van der Waals surface area (Å²) < 4.78 is 5.48. The van der Waals surface area contributed by atoms with Gasteiger partial charge in [0.1, 0.15) is 0 Å². The zero-order valence-electron chi connectivity index (χ0n) is 9.40. The van der Waals surface area contributed by atoms with Gasteiger partial charge in [-0.05, 0) is 37.6 Å². The van der Waals surface area contributed by atoms with Gasteiger partial charge in [-0.25, -0.2) is 0 Å². The molecule has 1 aromatic rings. The Morgan fingerprint density at radius 3 is 3.07 bits per heavy atom. The topological polar surface area (TPSA) is 21.3 Å². The Balaban J connectivity index is 1.91. The highest BCUT2D eigenvalue weighted by Gasteiger charge is 2.28. The molecule has 2 nitrogen and oxygen atoms in total. The van der Waals surface area contributed by atoms with Gasteiger partial charge in [-0.15, -0.1) is 11.3 Å². The van der Waals surface area contributed by atoms with Gasteiger partial charge in [0.15, 0.2) is 0 Å². The minimum Gasteiger partial charge on any atom is -0.380 e. The summed E-state index contributed by atoms with van der Waals surface area (Å²) in [7, 11) is 1.82. The fourth-order valence-electron chi connectivity index (χ4n) is 2.34. The predicted molar refractivity (Wildman–Crippen MR) is 64.3 cm³/mol. The van der Waals surface area contributed by atoms with E-state index < -0.39 is 0 Å². The van der Waals surface area contributed by atoms with E-state index in [4.69, 9.17) is 4.74 Å². The van der Waals surface area contributed by atoms with Crippen molar-refractivity contribution < 1.29 is 4.74 Å². The van der Waals surface area contributed by atoms with Crippen LogP contribution >= 0.6 is 11.3 Å². The molecule has 1 aliphatic rings. The summed E-state index contributed by atoms with van der Waals surface area (Å²) in [6, 6.07) is 5.29. The second kappa shape index (κ2) is 5.10. The first-order chi connectivity index (χ1) is 7.31. The van der Waals surface area contributed by atoms with E-state index in [-0.39, 0.29) is 0 Å². The smallest absolute Gasteiger partial charge is 0.0724 e. The molecule has 0 aromatic carbocycles. The fourth-order valence-corrected chi connectivity index (χ4v) is 3.08. The highest BCUT2D eigenvalue weighted by atomic mass is 32.1. The Bertz CT molecular complexity index is 286. The number of methoxy groups -OCH3 is 1. The van der Waals surface area contributed by atoms with Gasteiger partial charge in [-0.2, -0.15) is 0 Å². The molecule has 2 rings (SSSR count). The van der Waals surface area contributed by atoms with E-state index in [9.17, 15) is 0 Å². The zero-order chi connectivity index (χ0) is 10.7. The lowest BCUT2D eigenvalue weighted by Gasteiger charge is -2.23. The van der Waals surface area contributed by atoms with E-state index in [0.29, 0.717) is 18.2 Å². The van der Waals surface area contributed by atoms with Crippen LogP contribution in [0.2, 0.25) is 0 Å². The van der Waals surface area contributed by atoms with Crippen LogP contribution in [0.3, 0.4) is 0 Å². The van der Waals surface area contributed by atoms with Gasteiger partial charge in [0.25, 0.3) is 0 Å². The lowest BCUT2D eigenvalue weighted by atomic mass is 10.1. The molecule has 3 unspecified atom stereocenters. The van der Waals surface area contributed by atoms with Crippen LogP contribution in [0.4, 0.5) is 0 Å². The van der Waals surface area contributed by atoms with E-state index in [2.05, 4.69) is 29.8 Å². The van der Waals surface area contributed by atoms with E-state index in [1.54, 1.807) is 0 Å². The number of hydrogen-bond donors (Lipinski definition) is 1. The van der Waals surface area contributed by atoms with Crippen molar-refractivity contribution >= 4 is 11.3 Å². The standard InChI is InChI=1S/C12H19NOS/c1-9(12-7-4-8-15-12)13-10-5-3-6-11(10)14-2/h4,7-11,13H,3,5-6H2,1-2H3. The van der Waals surface area contributed by atoms with E-state index in [1.807, 2.05) is 18.4 Å². The molecule has 3 heteroatoms. The summed E-state index contributed by atoms with van der Waals surface area (Å²) in [4.78, 5) is 1.41. The van der Waals surface area contributed by atoms with E-state index in [1.165, 1.54) is 24.1 Å². The molecular weight excluding hydrogens is 206 g/mol. The van der Waals surface area contributed by atoms with Gasteiger partial charge in [-0.1, -0.05) is 6.07 Å². The molecule has 1 saturated carbocycles. The first-order valence-electron chi connectivity index (χ1n) is 5.63. The van der Waals surface area contributed by atoms with Crippen LogP contribution in [-0.2, 0) is 4.74 Å². The summed E-state index contributed by atoms with van der Waals surface area (Å²) in [5.74, 6) is 0. The zero-order valence-corrected chi connectivity index (χ0v) is 10.2. The molecule has 1 N–H and O–H groups in total. The molecule has 0 amide bonds. The number of rotatable bonds is 4. The largest absolute Gasteiger partial charge is 0.380 e. The Morgan fingerprint density at radius 2 is 2.40 bits per heavy atom. The van der Waals surface area contributed by atoms with Crippen molar-refractivity contribution in [3.05, 3.63) is 22.4 Å². The molecule has 1 fully saturated rings. The van der Waals surface area contributed by atoms with Crippen molar-refractivity contribution in [2.75, 3.05) is 7.11 Å². The van der Waals surface area contributed by atoms with Gasteiger partial charge in [0.2, 0.25) is 0 Å². The van der Waals surface area contributed by atoms with Crippen molar-refractivity contribution in [3.63, 3.8) is 0 Å². The van der Waals surface area contributed by atoms with Crippen LogP contribution < -0.4 is 5.32 Å². The summed E-state index contributed by atoms with van der Waals surface area (Å²) >= 11 is 1.82. The normalized spacial score (nSPS) is 28.1. The SMILES string of the molecule is COC1CCCC1NC(C)c1cccs1. The molecular formula is C12H19NOS. The molecule has 84 valence electrons. The van der Waals surface area contributed by atoms with Crippen LogP contribution in [0.1, 0.15) is 37.1 Å². The summed E-state index contributed by atoms with van der Waals surface area (Å²) in [6.45, 7) is 2.23. The van der Waals surface area contributed by atoms with Gasteiger partial charge < -0.3 is 10.1 Å². The molecule has 0 aliphatic heterocycles. The Hall–Kier alpha value is -0.380. The molecule has 0 saturated heterocycles. The van der Waals surface area contributed by atoms with E-state index in [0.717, 1.165) is 0 Å². The van der Waals surface area contributed by atoms with Gasteiger partial charge >= 0.3 is 0 Å². The van der Waals surface area contributed by atoms with Crippen LogP contribution in [0, 0.1) is 0 Å². The predicted octanol–water partition coefficient (Wildman–Crippen LogP) is 2.97. The quantitative estimate of drug-likeness (QED) is 0.850. The highest BCUT2D eigenvalue weighted by molar-refractivity contribution is 7.10. The molecule has 15 heavy (non-hydrogen) atoms. The number of thiophene rings is 1. The van der Waals surface area contributed by atoms with Crippen molar-refractivity contribution in [2.45, 2.75) is 44.4 Å². The van der Waals surface area contributed by atoms with Crippen molar-refractivity contribution in [3.8, 4) is 0 Å². The summed E-state index contributed by atoms with van der Waals surface area (Å²) in [6.07, 6.45) is 4.14. The molecule has 3 atom stereocenters. The van der Waals surface area contributed by atoms with Gasteiger partial charge in [0, 0.05) is 24.1 Å². The first kappa shape index (κ1) is 11.1. The number of hydrogen-bond acceptors (Lipinski definition) is 3. The highest BCUT2D eigenvalue weighted by Crippen LogP contribution is 2.26. The van der Waals surface area contributed by atoms with Crippen molar-refractivity contribution in [1.82, 2.24) is 5.32 Å². The molecule has 0 radical (unpaired) electrons. The number of nitrogens with one attached hydrogen (secondary N) is 1. The van der Waals surface area contributed by atoms with Crippen LogP contribution in [0.5, 0.6) is 0 Å². The lowest BCUT2D eigenvalue weighted by molar-refractivity contribution is 0.0821. The summed E-state index contributed by atoms with van der Waals surface area (Å²) in [5, 5.41) is 5.80. The Kier molecular flexibility index (Phi) is 3.78. The van der Waals surface area contributed by atoms with Crippen molar-refractivity contribution in [1.29, 1.82) is 0 Å². The molecule has 1 heterocycles. The second-order valence-electron chi connectivity index (χ2n) is 4.22. The third-order valence-electron chi connectivity index (χ3n) is 3.19. The Morgan fingerprint density at radius 1 is 1.53 bits per heavy atom. The third-order valence-corrected chi connectivity index (χ3v) is 4.24. The maximum atomic E-state index is 5.48. The third kappa shape index (κ3) is 2.60. The minimum absolute atomic E-state index is 0.410. The Labute approximate surface area is 95.6 Å². The first-order valence-corrected chi connectivity index (χ1v) is 6.51. The summed E-state index contributed by atoms with van der Waals surface area (Å²) in [5.41, 5.74) is 0. The van der Waals surface area contributed by atoms with Gasteiger partial charge in [-0.3, -0.25) is 0 Å². The number of ether oxygens (including phenoxy) is 1. The van der Waals surface area contributed by atoms with E-state index >= 15 is 0 Å². The molecule has 1 aliphatic carbocycles. The molecule has 0 bridgehead atoms. The van der Waals surface area contributed by atoms with Crippen LogP contribution in [0.25, 0.3) is 0 Å². The molecule has 1 aromatic heterocycles.